The second kappa shape index (κ2) is 6.86. The van der Waals surface area contributed by atoms with Gasteiger partial charge >= 0.3 is 6.18 Å². The number of halogens is 4. The predicted molar refractivity (Wildman–Crippen MR) is 66.1 cm³/mol. The van der Waals surface area contributed by atoms with Crippen molar-refractivity contribution in [2.45, 2.75) is 25.1 Å². The molecule has 2 nitrogen and oxygen atoms in total. The minimum absolute atomic E-state index is 0.0759. The summed E-state index contributed by atoms with van der Waals surface area (Å²) in [5, 5.41) is 0. The number of nitrogens with zero attached hydrogens (tertiary/aromatic N) is 1. The Balaban J connectivity index is 2.38. The fourth-order valence-corrected chi connectivity index (χ4v) is 1.72. The van der Waals surface area contributed by atoms with Gasteiger partial charge in [-0.1, -0.05) is 18.2 Å². The van der Waals surface area contributed by atoms with Crippen LogP contribution in [0.5, 0.6) is 0 Å². The van der Waals surface area contributed by atoms with Crippen molar-refractivity contribution in [3.63, 3.8) is 0 Å². The third-order valence-corrected chi connectivity index (χ3v) is 2.90. The lowest BCUT2D eigenvalue weighted by atomic mass is 10.0. The van der Waals surface area contributed by atoms with Gasteiger partial charge in [-0.25, -0.2) is 4.39 Å². The Labute approximate surface area is 110 Å². The standard InChI is InChI=1S/C13H18F4N2/c1-19(9-7-13(15,16)17)8-6-12(18)10-4-2-3-5-11(10)14/h2-5,12H,6-9,18H2,1H3. The molecule has 0 radical (unpaired) electrons. The first-order chi connectivity index (χ1) is 8.79. The maximum absolute atomic E-state index is 13.4. The van der Waals surface area contributed by atoms with E-state index in [2.05, 4.69) is 0 Å². The van der Waals surface area contributed by atoms with E-state index in [0.717, 1.165) is 0 Å². The zero-order valence-corrected chi connectivity index (χ0v) is 10.8. The average Bonchev–Trinajstić information content (AvgIpc) is 2.33. The van der Waals surface area contributed by atoms with E-state index in [1.807, 2.05) is 0 Å². The Morgan fingerprint density at radius 1 is 1.21 bits per heavy atom. The molecule has 0 heterocycles. The van der Waals surface area contributed by atoms with Crippen molar-refractivity contribution in [2.75, 3.05) is 20.1 Å². The molecule has 1 rings (SSSR count). The Morgan fingerprint density at radius 3 is 2.42 bits per heavy atom. The zero-order chi connectivity index (χ0) is 14.5. The molecule has 108 valence electrons. The molecule has 0 aliphatic heterocycles. The molecule has 19 heavy (non-hydrogen) atoms. The van der Waals surface area contributed by atoms with Gasteiger partial charge in [-0.2, -0.15) is 13.2 Å². The van der Waals surface area contributed by atoms with Gasteiger partial charge in [0.2, 0.25) is 0 Å². The third kappa shape index (κ3) is 6.02. The number of hydrogen-bond acceptors (Lipinski definition) is 2. The first-order valence-electron chi connectivity index (χ1n) is 6.05. The van der Waals surface area contributed by atoms with Crippen molar-refractivity contribution in [1.82, 2.24) is 4.90 Å². The van der Waals surface area contributed by atoms with Gasteiger partial charge in [-0.05, 0) is 26.1 Å². The number of nitrogens with two attached hydrogens (primary N) is 1. The lowest BCUT2D eigenvalue weighted by molar-refractivity contribution is -0.137. The van der Waals surface area contributed by atoms with E-state index >= 15 is 0 Å². The number of benzene rings is 1. The van der Waals surface area contributed by atoms with Crippen LogP contribution in [0.3, 0.4) is 0 Å². The number of alkyl halides is 3. The van der Waals surface area contributed by atoms with Gasteiger partial charge in [0, 0.05) is 18.2 Å². The van der Waals surface area contributed by atoms with Gasteiger partial charge in [0.05, 0.1) is 6.42 Å². The quantitative estimate of drug-likeness (QED) is 0.810. The van der Waals surface area contributed by atoms with Crippen LogP contribution in [0.25, 0.3) is 0 Å². The van der Waals surface area contributed by atoms with E-state index in [0.29, 0.717) is 18.5 Å². The molecule has 0 aromatic heterocycles. The summed E-state index contributed by atoms with van der Waals surface area (Å²) < 4.78 is 49.5. The summed E-state index contributed by atoms with van der Waals surface area (Å²) in [4.78, 5) is 1.55. The molecular weight excluding hydrogens is 260 g/mol. The molecule has 1 aromatic rings. The van der Waals surface area contributed by atoms with E-state index in [1.54, 1.807) is 30.1 Å². The summed E-state index contributed by atoms with van der Waals surface area (Å²) >= 11 is 0. The molecule has 0 spiro atoms. The van der Waals surface area contributed by atoms with Crippen LogP contribution in [0.1, 0.15) is 24.4 Å². The molecular formula is C13H18F4N2. The lowest BCUT2D eigenvalue weighted by Gasteiger charge is -2.20. The summed E-state index contributed by atoms with van der Waals surface area (Å²) in [5.74, 6) is -0.382. The van der Waals surface area contributed by atoms with Gasteiger partial charge < -0.3 is 10.6 Å². The minimum Gasteiger partial charge on any atom is -0.324 e. The first-order valence-corrected chi connectivity index (χ1v) is 6.05. The average molecular weight is 278 g/mol. The summed E-state index contributed by atoms with van der Waals surface area (Å²) in [7, 11) is 1.60. The van der Waals surface area contributed by atoms with E-state index in [-0.39, 0.29) is 12.4 Å². The molecule has 1 atom stereocenters. The van der Waals surface area contributed by atoms with Crippen LogP contribution in [-0.4, -0.2) is 31.2 Å². The van der Waals surface area contributed by atoms with Crippen LogP contribution < -0.4 is 5.73 Å². The number of hydrogen-bond donors (Lipinski definition) is 1. The maximum atomic E-state index is 13.4. The van der Waals surface area contributed by atoms with Gasteiger partial charge in [0.25, 0.3) is 0 Å². The van der Waals surface area contributed by atoms with Crippen LogP contribution in [0.2, 0.25) is 0 Å². The van der Waals surface area contributed by atoms with Crippen molar-refractivity contribution in [1.29, 1.82) is 0 Å². The highest BCUT2D eigenvalue weighted by Gasteiger charge is 2.27. The van der Waals surface area contributed by atoms with Crippen LogP contribution in [0.4, 0.5) is 17.6 Å². The van der Waals surface area contributed by atoms with Crippen molar-refractivity contribution < 1.29 is 17.6 Å². The van der Waals surface area contributed by atoms with E-state index in [1.165, 1.54) is 6.07 Å². The van der Waals surface area contributed by atoms with Crippen LogP contribution in [0.15, 0.2) is 24.3 Å². The second-order valence-electron chi connectivity index (χ2n) is 4.59. The van der Waals surface area contributed by atoms with E-state index in [9.17, 15) is 17.6 Å². The largest absolute Gasteiger partial charge is 0.390 e. The summed E-state index contributed by atoms with van der Waals surface area (Å²) in [5.41, 5.74) is 6.23. The van der Waals surface area contributed by atoms with Crippen molar-refractivity contribution in [3.05, 3.63) is 35.6 Å². The molecule has 0 aliphatic rings. The Bertz CT molecular complexity index is 392. The van der Waals surface area contributed by atoms with Crippen LogP contribution >= 0.6 is 0 Å². The highest BCUT2D eigenvalue weighted by molar-refractivity contribution is 5.20. The third-order valence-electron chi connectivity index (χ3n) is 2.90. The zero-order valence-electron chi connectivity index (χ0n) is 10.8. The predicted octanol–water partition coefficient (Wildman–Crippen LogP) is 3.10. The SMILES string of the molecule is CN(CCC(N)c1ccccc1F)CCC(F)(F)F. The lowest BCUT2D eigenvalue weighted by Crippen LogP contribution is -2.27. The summed E-state index contributed by atoms with van der Waals surface area (Å²) in [6, 6.07) is 5.67. The van der Waals surface area contributed by atoms with Crippen LogP contribution in [-0.2, 0) is 0 Å². The Hall–Kier alpha value is -1.14. The fourth-order valence-electron chi connectivity index (χ4n) is 1.72. The Kier molecular flexibility index (Phi) is 5.75. The first kappa shape index (κ1) is 15.9. The van der Waals surface area contributed by atoms with Crippen LogP contribution in [0, 0.1) is 5.82 Å². The monoisotopic (exact) mass is 278 g/mol. The minimum atomic E-state index is -4.15. The summed E-state index contributed by atoms with van der Waals surface area (Å²) in [6.45, 7) is 0.319. The smallest absolute Gasteiger partial charge is 0.324 e. The fraction of sp³-hybridized carbons (Fsp3) is 0.538. The molecule has 0 fully saturated rings. The second-order valence-corrected chi connectivity index (χ2v) is 4.59. The maximum Gasteiger partial charge on any atom is 0.390 e. The summed E-state index contributed by atoms with van der Waals surface area (Å²) in [6.07, 6.45) is -4.59. The van der Waals surface area contributed by atoms with Crippen molar-refractivity contribution >= 4 is 0 Å². The van der Waals surface area contributed by atoms with E-state index in [4.69, 9.17) is 5.73 Å². The van der Waals surface area contributed by atoms with E-state index < -0.39 is 18.6 Å². The molecule has 0 aliphatic carbocycles. The molecule has 0 amide bonds. The molecule has 0 saturated carbocycles. The highest BCUT2D eigenvalue weighted by Crippen LogP contribution is 2.20. The molecule has 1 aromatic carbocycles. The topological polar surface area (TPSA) is 29.3 Å². The Morgan fingerprint density at radius 2 is 1.84 bits per heavy atom. The van der Waals surface area contributed by atoms with Gasteiger partial charge in [-0.3, -0.25) is 0 Å². The molecule has 0 saturated heterocycles. The van der Waals surface area contributed by atoms with Gasteiger partial charge in [0.15, 0.2) is 0 Å². The highest BCUT2D eigenvalue weighted by atomic mass is 19.4. The van der Waals surface area contributed by atoms with Crippen molar-refractivity contribution in [3.8, 4) is 0 Å². The van der Waals surface area contributed by atoms with Crippen molar-refractivity contribution in [2.24, 2.45) is 5.73 Å². The molecule has 1 unspecified atom stereocenters. The van der Waals surface area contributed by atoms with Gasteiger partial charge in [0.1, 0.15) is 5.82 Å². The molecule has 2 N–H and O–H groups in total. The normalized spacial score (nSPS) is 13.8. The molecule has 6 heteroatoms. The number of rotatable bonds is 6. The van der Waals surface area contributed by atoms with Gasteiger partial charge in [-0.15, -0.1) is 0 Å². The molecule has 0 bridgehead atoms.